The second kappa shape index (κ2) is 6.11. The van der Waals surface area contributed by atoms with Crippen molar-refractivity contribution < 1.29 is 14.5 Å². The number of halogens is 2. The van der Waals surface area contributed by atoms with Crippen LogP contribution in [0, 0.1) is 10.1 Å². The Hall–Kier alpha value is -2.11. The Morgan fingerprint density at radius 3 is 2.48 bits per heavy atom. The number of ether oxygens (including phenoxy) is 1. The summed E-state index contributed by atoms with van der Waals surface area (Å²) >= 11 is 11.6. The zero-order valence-electron chi connectivity index (χ0n) is 10.8. The summed E-state index contributed by atoms with van der Waals surface area (Å²) in [5.74, 6) is 0.114. The Kier molecular flexibility index (Phi) is 4.45. The van der Waals surface area contributed by atoms with Crippen LogP contribution in [0.4, 0.5) is 5.69 Å². The van der Waals surface area contributed by atoms with Crippen LogP contribution in [0.2, 0.25) is 10.0 Å². The van der Waals surface area contributed by atoms with Gasteiger partial charge < -0.3 is 4.74 Å². The molecule has 108 valence electrons. The van der Waals surface area contributed by atoms with E-state index in [1.54, 1.807) is 18.2 Å². The molecule has 0 aliphatic heterocycles. The third kappa shape index (κ3) is 3.51. The van der Waals surface area contributed by atoms with E-state index in [4.69, 9.17) is 27.9 Å². The third-order valence-electron chi connectivity index (χ3n) is 2.67. The molecule has 0 spiro atoms. The predicted octanol–water partition coefficient (Wildman–Crippen LogP) is 4.90. The van der Waals surface area contributed by atoms with Gasteiger partial charge in [0.05, 0.1) is 15.0 Å². The molecule has 0 fully saturated rings. The van der Waals surface area contributed by atoms with E-state index in [1.807, 2.05) is 0 Å². The molecule has 0 unspecified atom stereocenters. The maximum Gasteiger partial charge on any atom is 0.313 e. The standard InChI is InChI=1S/C14H9Cl2NO4/c1-8(18)9-3-2-4-10(5-9)21-14-7-12(16)11(15)6-13(14)17(19)20/h2-7H,1H3. The van der Waals surface area contributed by atoms with E-state index in [0.717, 1.165) is 6.07 Å². The van der Waals surface area contributed by atoms with Gasteiger partial charge in [0.15, 0.2) is 5.78 Å². The lowest BCUT2D eigenvalue weighted by Crippen LogP contribution is -1.96. The second-order valence-electron chi connectivity index (χ2n) is 4.18. The Labute approximate surface area is 130 Å². The molecule has 0 atom stereocenters. The van der Waals surface area contributed by atoms with Crippen molar-refractivity contribution in [2.24, 2.45) is 0 Å². The van der Waals surface area contributed by atoms with Crippen LogP contribution < -0.4 is 4.74 Å². The molecule has 2 rings (SSSR count). The molecule has 0 aliphatic rings. The van der Waals surface area contributed by atoms with Crippen LogP contribution in [0.25, 0.3) is 0 Å². The summed E-state index contributed by atoms with van der Waals surface area (Å²) in [5, 5.41) is 11.2. The molecule has 5 nitrogen and oxygen atoms in total. The smallest absolute Gasteiger partial charge is 0.313 e. The number of hydrogen-bond acceptors (Lipinski definition) is 4. The zero-order chi connectivity index (χ0) is 15.6. The molecule has 0 aromatic heterocycles. The van der Waals surface area contributed by atoms with Crippen LogP contribution in [-0.4, -0.2) is 10.7 Å². The first kappa shape index (κ1) is 15.3. The maximum atomic E-state index is 11.3. The number of rotatable bonds is 4. The van der Waals surface area contributed by atoms with E-state index >= 15 is 0 Å². The topological polar surface area (TPSA) is 69.4 Å². The fourth-order valence-electron chi connectivity index (χ4n) is 1.65. The number of benzene rings is 2. The van der Waals surface area contributed by atoms with E-state index in [2.05, 4.69) is 0 Å². The highest BCUT2D eigenvalue weighted by Gasteiger charge is 2.19. The zero-order valence-corrected chi connectivity index (χ0v) is 12.3. The summed E-state index contributed by atoms with van der Waals surface area (Å²) < 4.78 is 5.46. The van der Waals surface area contributed by atoms with Gasteiger partial charge in [-0.05, 0) is 19.1 Å². The minimum atomic E-state index is -0.619. The highest BCUT2D eigenvalue weighted by Crippen LogP contribution is 2.38. The fraction of sp³-hybridized carbons (Fsp3) is 0.0714. The molecule has 2 aromatic carbocycles. The number of nitrogens with zero attached hydrogens (tertiary/aromatic N) is 1. The van der Waals surface area contributed by atoms with E-state index in [9.17, 15) is 14.9 Å². The average Bonchev–Trinajstić information content (AvgIpc) is 2.42. The summed E-state index contributed by atoms with van der Waals surface area (Å²) in [6.45, 7) is 1.42. The number of carbonyl (C=O) groups excluding carboxylic acids is 1. The molecule has 0 saturated heterocycles. The lowest BCUT2D eigenvalue weighted by Gasteiger charge is -2.08. The summed E-state index contributed by atoms with van der Waals surface area (Å²) in [6.07, 6.45) is 0. The van der Waals surface area contributed by atoms with Gasteiger partial charge in [-0.2, -0.15) is 0 Å². The summed E-state index contributed by atoms with van der Waals surface area (Å²) in [5.41, 5.74) is 0.132. The van der Waals surface area contributed by atoms with E-state index in [0.29, 0.717) is 11.3 Å². The van der Waals surface area contributed by atoms with Crippen LogP contribution >= 0.6 is 23.2 Å². The fourth-order valence-corrected chi connectivity index (χ4v) is 1.96. The highest BCUT2D eigenvalue weighted by molar-refractivity contribution is 6.42. The van der Waals surface area contributed by atoms with Crippen LogP contribution in [0.15, 0.2) is 36.4 Å². The van der Waals surface area contributed by atoms with Crippen molar-refractivity contribution in [1.29, 1.82) is 0 Å². The molecule has 0 saturated carbocycles. The van der Waals surface area contributed by atoms with Crippen LogP contribution in [0.3, 0.4) is 0 Å². The van der Waals surface area contributed by atoms with Crippen molar-refractivity contribution in [1.82, 2.24) is 0 Å². The number of carbonyl (C=O) groups is 1. The Morgan fingerprint density at radius 2 is 1.86 bits per heavy atom. The summed E-state index contributed by atoms with van der Waals surface area (Å²) in [6, 6.07) is 8.71. The van der Waals surface area contributed by atoms with Gasteiger partial charge in [-0.3, -0.25) is 14.9 Å². The Balaban J connectivity index is 2.43. The minimum Gasteiger partial charge on any atom is -0.450 e. The maximum absolute atomic E-state index is 11.3. The number of hydrogen-bond donors (Lipinski definition) is 0. The first-order chi connectivity index (χ1) is 9.88. The number of Topliss-reactive ketones (excluding diaryl/α,β-unsaturated/α-hetero) is 1. The van der Waals surface area contributed by atoms with Gasteiger partial charge in [-0.1, -0.05) is 35.3 Å². The van der Waals surface area contributed by atoms with Crippen LogP contribution in [0.1, 0.15) is 17.3 Å². The normalized spacial score (nSPS) is 10.2. The summed E-state index contributed by atoms with van der Waals surface area (Å²) in [7, 11) is 0. The first-order valence-corrected chi connectivity index (χ1v) is 6.56. The van der Waals surface area contributed by atoms with Gasteiger partial charge in [0, 0.05) is 17.7 Å². The van der Waals surface area contributed by atoms with Crippen LogP contribution in [0.5, 0.6) is 11.5 Å². The molecule has 0 amide bonds. The van der Waals surface area contributed by atoms with Gasteiger partial charge in [0.2, 0.25) is 5.75 Å². The molecule has 0 aliphatic carbocycles. The molecule has 2 aromatic rings. The molecule has 7 heteroatoms. The van der Waals surface area contributed by atoms with Gasteiger partial charge in [0.1, 0.15) is 5.75 Å². The average molecular weight is 326 g/mol. The monoisotopic (exact) mass is 325 g/mol. The molecule has 0 heterocycles. The lowest BCUT2D eigenvalue weighted by molar-refractivity contribution is -0.385. The second-order valence-corrected chi connectivity index (χ2v) is 4.99. The SMILES string of the molecule is CC(=O)c1cccc(Oc2cc(Cl)c(Cl)cc2[N+](=O)[O-])c1. The van der Waals surface area contributed by atoms with Crippen molar-refractivity contribution in [2.45, 2.75) is 6.92 Å². The van der Waals surface area contributed by atoms with E-state index < -0.39 is 4.92 Å². The molecule has 0 N–H and O–H groups in total. The predicted molar refractivity (Wildman–Crippen MR) is 79.6 cm³/mol. The highest BCUT2D eigenvalue weighted by atomic mass is 35.5. The van der Waals surface area contributed by atoms with Crippen LogP contribution in [-0.2, 0) is 0 Å². The minimum absolute atomic E-state index is 0.0462. The van der Waals surface area contributed by atoms with Crippen molar-refractivity contribution >= 4 is 34.7 Å². The lowest BCUT2D eigenvalue weighted by atomic mass is 10.1. The summed E-state index contributed by atoms with van der Waals surface area (Å²) in [4.78, 5) is 21.7. The number of nitro groups is 1. The van der Waals surface area contributed by atoms with E-state index in [1.165, 1.54) is 19.1 Å². The Bertz CT molecular complexity index is 731. The van der Waals surface area contributed by atoms with E-state index in [-0.39, 0.29) is 27.3 Å². The molecule has 21 heavy (non-hydrogen) atoms. The molecule has 0 bridgehead atoms. The molecular formula is C14H9Cl2NO4. The number of nitro benzene ring substituents is 1. The quantitative estimate of drug-likeness (QED) is 0.455. The first-order valence-electron chi connectivity index (χ1n) is 5.81. The van der Waals surface area contributed by atoms with Gasteiger partial charge in [-0.15, -0.1) is 0 Å². The van der Waals surface area contributed by atoms with Gasteiger partial charge in [-0.25, -0.2) is 0 Å². The van der Waals surface area contributed by atoms with Crippen molar-refractivity contribution in [2.75, 3.05) is 0 Å². The van der Waals surface area contributed by atoms with Gasteiger partial charge in [0.25, 0.3) is 0 Å². The van der Waals surface area contributed by atoms with Crippen molar-refractivity contribution in [3.8, 4) is 11.5 Å². The van der Waals surface area contributed by atoms with Crippen molar-refractivity contribution in [3.63, 3.8) is 0 Å². The molecular weight excluding hydrogens is 317 g/mol. The largest absolute Gasteiger partial charge is 0.450 e. The number of ketones is 1. The van der Waals surface area contributed by atoms with Gasteiger partial charge >= 0.3 is 5.69 Å². The molecule has 0 radical (unpaired) electrons. The third-order valence-corrected chi connectivity index (χ3v) is 3.39. The Morgan fingerprint density at radius 1 is 1.19 bits per heavy atom. The van der Waals surface area contributed by atoms with Crippen molar-refractivity contribution in [3.05, 3.63) is 62.1 Å².